The Morgan fingerprint density at radius 3 is 2.71 bits per heavy atom. The van der Waals surface area contributed by atoms with Crippen molar-refractivity contribution in [3.05, 3.63) is 46.5 Å². The molecule has 2 aliphatic heterocycles. The number of carbonyl (C=O) groups is 2. The number of carboxylic acids is 1. The number of benzene rings is 1. The van der Waals surface area contributed by atoms with E-state index in [1.807, 2.05) is 4.90 Å². The number of aromatic nitrogens is 1. The Balaban J connectivity index is 1.59. The summed E-state index contributed by atoms with van der Waals surface area (Å²) in [6, 6.07) is 1.01. The number of halogens is 1. The van der Waals surface area contributed by atoms with E-state index < -0.39 is 23.3 Å². The maximum Gasteiger partial charge on any atom is 0.410 e. The van der Waals surface area contributed by atoms with Gasteiger partial charge in [-0.05, 0) is 37.7 Å². The number of hydrogen-bond donors (Lipinski definition) is 1. The summed E-state index contributed by atoms with van der Waals surface area (Å²) in [7, 11) is 1.42. The number of nitrogens with zero attached hydrogens (tertiary/aromatic N) is 3. The summed E-state index contributed by atoms with van der Waals surface area (Å²) in [5.41, 5.74) is -0.497. The lowest BCUT2D eigenvalue weighted by atomic mass is 9.92. The molecule has 1 aliphatic carbocycles. The topological polar surface area (TPSA) is 101 Å². The van der Waals surface area contributed by atoms with Crippen molar-refractivity contribution in [3.63, 3.8) is 0 Å². The third-order valence-electron chi connectivity index (χ3n) is 7.23. The minimum absolute atomic E-state index is 0.0128. The van der Waals surface area contributed by atoms with Gasteiger partial charge in [-0.15, -0.1) is 0 Å². The van der Waals surface area contributed by atoms with Crippen molar-refractivity contribution in [2.24, 2.45) is 5.92 Å². The lowest BCUT2D eigenvalue weighted by Crippen LogP contribution is -2.48. The number of piperidine rings is 1. The Hall–Kier alpha value is -3.56. The highest BCUT2D eigenvalue weighted by molar-refractivity contribution is 5.97. The molecule has 35 heavy (non-hydrogen) atoms. The first-order chi connectivity index (χ1) is 16.8. The summed E-state index contributed by atoms with van der Waals surface area (Å²) in [4.78, 5) is 40.8. The standard InChI is InChI=1S/C25H28FN3O6/c1-3-9-35-25(33)28-8-4-5-14-11-27(13-19(14)28)21-18(26)10-16-20(23(21)34-2)29(15-6-7-15)12-17(22(16)30)24(31)32/h3,10,12,14-15,19H,1,4-9,11,13H2,2H3,(H,31,32). The van der Waals surface area contributed by atoms with Crippen LogP contribution >= 0.6 is 0 Å². The normalized spacial score (nSPS) is 21.7. The second-order valence-electron chi connectivity index (χ2n) is 9.39. The predicted molar refractivity (Wildman–Crippen MR) is 127 cm³/mol. The van der Waals surface area contributed by atoms with E-state index in [1.165, 1.54) is 19.4 Å². The van der Waals surface area contributed by atoms with Crippen molar-refractivity contribution in [1.29, 1.82) is 0 Å². The molecular formula is C25H28FN3O6. The molecule has 1 saturated carbocycles. The molecule has 3 heterocycles. The molecule has 186 valence electrons. The van der Waals surface area contributed by atoms with Crippen LogP contribution in [0, 0.1) is 11.7 Å². The monoisotopic (exact) mass is 485 g/mol. The number of hydrogen-bond acceptors (Lipinski definition) is 6. The molecule has 0 spiro atoms. The summed E-state index contributed by atoms with van der Waals surface area (Å²) < 4.78 is 28.4. The zero-order chi connectivity index (χ0) is 24.9. The first-order valence-corrected chi connectivity index (χ1v) is 11.8. The molecule has 1 N–H and O–H groups in total. The Morgan fingerprint density at radius 2 is 2.06 bits per heavy atom. The molecule has 1 aromatic heterocycles. The Labute approximate surface area is 201 Å². The second-order valence-corrected chi connectivity index (χ2v) is 9.39. The van der Waals surface area contributed by atoms with Crippen LogP contribution < -0.4 is 15.1 Å². The number of fused-ring (bicyclic) bond motifs is 2. The summed E-state index contributed by atoms with van der Waals surface area (Å²) in [6.07, 6.45) is 5.86. The number of likely N-dealkylation sites (tertiary alicyclic amines) is 1. The Morgan fingerprint density at radius 1 is 1.29 bits per heavy atom. The van der Waals surface area contributed by atoms with E-state index in [9.17, 15) is 19.5 Å². The van der Waals surface area contributed by atoms with Crippen LogP contribution in [-0.2, 0) is 4.74 Å². The maximum absolute atomic E-state index is 15.6. The molecule has 2 unspecified atom stereocenters. The lowest BCUT2D eigenvalue weighted by Gasteiger charge is -2.35. The number of carbonyl (C=O) groups excluding carboxylic acids is 1. The number of amides is 1. The van der Waals surface area contributed by atoms with Gasteiger partial charge in [-0.25, -0.2) is 14.0 Å². The van der Waals surface area contributed by atoms with Crippen molar-refractivity contribution >= 4 is 28.7 Å². The first kappa shape index (κ1) is 23.2. The van der Waals surface area contributed by atoms with Crippen LogP contribution in [0.2, 0.25) is 0 Å². The predicted octanol–water partition coefficient (Wildman–Crippen LogP) is 3.41. The number of anilines is 1. The van der Waals surface area contributed by atoms with E-state index in [-0.39, 0.29) is 47.0 Å². The van der Waals surface area contributed by atoms with Crippen molar-refractivity contribution in [1.82, 2.24) is 9.47 Å². The highest BCUT2D eigenvalue weighted by atomic mass is 19.1. The van der Waals surface area contributed by atoms with Crippen molar-refractivity contribution in [3.8, 4) is 5.75 Å². The van der Waals surface area contributed by atoms with Crippen LogP contribution in [0.1, 0.15) is 42.1 Å². The Kier molecular flexibility index (Phi) is 5.90. The van der Waals surface area contributed by atoms with Gasteiger partial charge < -0.3 is 28.9 Å². The van der Waals surface area contributed by atoms with E-state index in [0.29, 0.717) is 25.2 Å². The van der Waals surface area contributed by atoms with Crippen LogP contribution in [0.15, 0.2) is 29.7 Å². The third-order valence-corrected chi connectivity index (χ3v) is 7.23. The van der Waals surface area contributed by atoms with Crippen molar-refractivity contribution in [2.45, 2.75) is 37.8 Å². The molecular weight excluding hydrogens is 457 g/mol. The van der Waals surface area contributed by atoms with Crippen molar-refractivity contribution < 1.29 is 28.6 Å². The van der Waals surface area contributed by atoms with Crippen LogP contribution in [0.5, 0.6) is 5.75 Å². The molecule has 0 bridgehead atoms. The van der Waals surface area contributed by atoms with Gasteiger partial charge in [0.2, 0.25) is 5.43 Å². The minimum Gasteiger partial charge on any atom is -0.492 e. The van der Waals surface area contributed by atoms with Crippen molar-refractivity contribution in [2.75, 3.05) is 38.3 Å². The zero-order valence-electron chi connectivity index (χ0n) is 19.5. The number of rotatable bonds is 6. The van der Waals surface area contributed by atoms with Gasteiger partial charge in [0.05, 0.1) is 24.1 Å². The van der Waals surface area contributed by atoms with E-state index >= 15 is 4.39 Å². The molecule has 5 rings (SSSR count). The number of carboxylic acid groups (broad SMARTS) is 1. The molecule has 2 saturated heterocycles. The van der Waals surface area contributed by atoms with Gasteiger partial charge in [0, 0.05) is 31.9 Å². The van der Waals surface area contributed by atoms with Crippen LogP contribution in [0.3, 0.4) is 0 Å². The average molecular weight is 486 g/mol. The van der Waals surface area contributed by atoms with Crippen LogP contribution in [0.25, 0.3) is 10.9 Å². The first-order valence-electron chi connectivity index (χ1n) is 11.8. The molecule has 2 aromatic rings. The number of methoxy groups -OCH3 is 1. The molecule has 2 atom stereocenters. The molecule has 9 nitrogen and oxygen atoms in total. The third kappa shape index (κ3) is 3.90. The largest absolute Gasteiger partial charge is 0.492 e. The number of pyridine rings is 1. The number of ether oxygens (including phenoxy) is 2. The van der Waals surface area contributed by atoms with Gasteiger partial charge in [-0.1, -0.05) is 12.7 Å². The fraction of sp³-hybridized carbons (Fsp3) is 0.480. The summed E-state index contributed by atoms with van der Waals surface area (Å²) in [5.74, 6) is -1.65. The Bertz CT molecular complexity index is 1270. The fourth-order valence-electron chi connectivity index (χ4n) is 5.53. The molecule has 1 amide bonds. The van der Waals surface area contributed by atoms with E-state index in [0.717, 1.165) is 31.7 Å². The van der Waals surface area contributed by atoms with E-state index in [2.05, 4.69) is 6.58 Å². The second kappa shape index (κ2) is 8.90. The molecule has 0 radical (unpaired) electrons. The van der Waals surface area contributed by atoms with E-state index in [1.54, 1.807) is 9.47 Å². The highest BCUT2D eigenvalue weighted by Gasteiger charge is 2.43. The van der Waals surface area contributed by atoms with Gasteiger partial charge >= 0.3 is 12.1 Å². The highest BCUT2D eigenvalue weighted by Crippen LogP contribution is 2.45. The number of aromatic carboxylic acids is 1. The molecule has 3 fully saturated rings. The lowest BCUT2D eigenvalue weighted by molar-refractivity contribution is 0.0693. The van der Waals surface area contributed by atoms with Gasteiger partial charge in [-0.2, -0.15) is 0 Å². The van der Waals surface area contributed by atoms with Crippen LogP contribution in [-0.4, -0.2) is 66.0 Å². The average Bonchev–Trinajstić information content (AvgIpc) is 3.59. The minimum atomic E-state index is -1.35. The van der Waals surface area contributed by atoms with E-state index in [4.69, 9.17) is 9.47 Å². The quantitative estimate of drug-likeness (QED) is 0.626. The molecule has 10 heteroatoms. The SMILES string of the molecule is C=CCOC(=O)N1CCCC2CN(c3c(F)cc4c(=O)c(C(=O)O)cn(C5CC5)c4c3OC)CC21. The molecule has 3 aliphatic rings. The molecule has 1 aromatic carbocycles. The van der Waals surface area contributed by atoms with Gasteiger partial charge in [-0.3, -0.25) is 4.79 Å². The fourth-order valence-corrected chi connectivity index (χ4v) is 5.53. The summed E-state index contributed by atoms with van der Waals surface area (Å²) in [6.45, 7) is 5.19. The summed E-state index contributed by atoms with van der Waals surface area (Å²) >= 11 is 0. The van der Waals surface area contributed by atoms with Gasteiger partial charge in [0.15, 0.2) is 11.6 Å². The maximum atomic E-state index is 15.6. The van der Waals surface area contributed by atoms with Gasteiger partial charge in [0.1, 0.15) is 17.9 Å². The smallest absolute Gasteiger partial charge is 0.410 e. The van der Waals surface area contributed by atoms with Gasteiger partial charge in [0.25, 0.3) is 0 Å². The zero-order valence-corrected chi connectivity index (χ0v) is 19.5. The summed E-state index contributed by atoms with van der Waals surface area (Å²) in [5, 5.41) is 9.51. The van der Waals surface area contributed by atoms with Crippen LogP contribution in [0.4, 0.5) is 14.9 Å².